The molecule has 2 rings (SSSR count). The van der Waals surface area contributed by atoms with Crippen LogP contribution >= 0.6 is 0 Å². The maximum absolute atomic E-state index is 13.8. The van der Waals surface area contributed by atoms with E-state index in [4.69, 9.17) is 0 Å². The van der Waals surface area contributed by atoms with Crippen molar-refractivity contribution in [1.29, 1.82) is 0 Å². The van der Waals surface area contributed by atoms with E-state index < -0.39 is 17.8 Å². The molecule has 7 heteroatoms. The Bertz CT molecular complexity index is 705. The van der Waals surface area contributed by atoms with E-state index in [1.165, 1.54) is 12.1 Å². The van der Waals surface area contributed by atoms with Crippen molar-refractivity contribution in [2.24, 2.45) is 0 Å². The maximum atomic E-state index is 13.8. The van der Waals surface area contributed by atoms with Crippen LogP contribution in [0.25, 0.3) is 0 Å². The van der Waals surface area contributed by atoms with Gasteiger partial charge in [-0.2, -0.15) is 0 Å². The summed E-state index contributed by atoms with van der Waals surface area (Å²) in [4.78, 5) is 37.9. The van der Waals surface area contributed by atoms with Crippen molar-refractivity contribution >= 4 is 29.1 Å². The molecule has 1 aliphatic rings. The van der Waals surface area contributed by atoms with Crippen LogP contribution in [0.4, 0.5) is 15.8 Å². The van der Waals surface area contributed by atoms with Gasteiger partial charge >= 0.3 is 0 Å². The Labute approximate surface area is 152 Å². The van der Waals surface area contributed by atoms with E-state index in [1.54, 1.807) is 4.90 Å². The molecule has 0 spiro atoms. The van der Waals surface area contributed by atoms with Gasteiger partial charge in [0, 0.05) is 18.7 Å². The molecule has 140 valence electrons. The SMILES string of the molecule is C=CC(=O)Nc1cc(NC(=O)C2CCCCN2C(=O)CCC)ccc1F. The molecule has 0 aliphatic carbocycles. The standard InChI is InChI=1S/C19H24FN3O3/c1-3-7-18(25)23-11-6-5-8-16(23)19(26)21-13-9-10-14(20)15(12-13)22-17(24)4-2/h4,9-10,12,16H,2-3,5-8,11H2,1H3,(H,21,26)(H,22,24). The number of nitrogens with zero attached hydrogens (tertiary/aromatic N) is 1. The highest BCUT2D eigenvalue weighted by molar-refractivity contribution is 6.00. The molecule has 3 amide bonds. The minimum atomic E-state index is -0.615. The third-order valence-electron chi connectivity index (χ3n) is 4.27. The molecule has 6 nitrogen and oxygen atoms in total. The molecule has 0 radical (unpaired) electrons. The van der Waals surface area contributed by atoms with Crippen molar-refractivity contribution in [3.63, 3.8) is 0 Å². The Hall–Kier alpha value is -2.70. The van der Waals surface area contributed by atoms with Gasteiger partial charge in [0.05, 0.1) is 5.69 Å². The van der Waals surface area contributed by atoms with E-state index in [9.17, 15) is 18.8 Å². The van der Waals surface area contributed by atoms with Crippen LogP contribution in [-0.2, 0) is 14.4 Å². The number of hydrogen-bond donors (Lipinski definition) is 2. The van der Waals surface area contributed by atoms with Crippen molar-refractivity contribution < 1.29 is 18.8 Å². The van der Waals surface area contributed by atoms with E-state index in [0.717, 1.165) is 31.4 Å². The van der Waals surface area contributed by atoms with E-state index in [-0.39, 0.29) is 17.5 Å². The highest BCUT2D eigenvalue weighted by atomic mass is 19.1. The van der Waals surface area contributed by atoms with Gasteiger partial charge in [0.25, 0.3) is 0 Å². The average Bonchev–Trinajstić information content (AvgIpc) is 2.64. The minimum absolute atomic E-state index is 0.0228. The number of halogens is 1. The van der Waals surface area contributed by atoms with Crippen LogP contribution in [0.1, 0.15) is 39.0 Å². The molecule has 0 aromatic heterocycles. The zero-order chi connectivity index (χ0) is 19.1. The number of rotatable bonds is 6. The predicted octanol–water partition coefficient (Wildman–Crippen LogP) is 3.07. The largest absolute Gasteiger partial charge is 0.331 e. The van der Waals surface area contributed by atoms with Gasteiger partial charge in [-0.25, -0.2) is 4.39 Å². The monoisotopic (exact) mass is 361 g/mol. The second-order valence-electron chi connectivity index (χ2n) is 6.23. The number of hydrogen-bond acceptors (Lipinski definition) is 3. The molecule has 1 heterocycles. The van der Waals surface area contributed by atoms with Gasteiger partial charge in [-0.1, -0.05) is 13.5 Å². The van der Waals surface area contributed by atoms with Gasteiger partial charge in [-0.15, -0.1) is 0 Å². The molecule has 0 saturated carbocycles. The first-order chi connectivity index (χ1) is 12.5. The minimum Gasteiger partial charge on any atom is -0.331 e. The number of carbonyl (C=O) groups is 3. The number of likely N-dealkylation sites (tertiary alicyclic amines) is 1. The fourth-order valence-electron chi connectivity index (χ4n) is 2.97. The molecule has 26 heavy (non-hydrogen) atoms. The van der Waals surface area contributed by atoms with E-state index in [1.807, 2.05) is 6.92 Å². The first kappa shape index (κ1) is 19.6. The molecule has 2 N–H and O–H groups in total. The molecule has 1 aliphatic heterocycles. The Balaban J connectivity index is 2.12. The maximum Gasteiger partial charge on any atom is 0.247 e. The number of piperidine rings is 1. The van der Waals surface area contributed by atoms with Crippen LogP contribution in [0.5, 0.6) is 0 Å². The summed E-state index contributed by atoms with van der Waals surface area (Å²) < 4.78 is 13.8. The Kier molecular flexibility index (Phi) is 6.89. The summed E-state index contributed by atoms with van der Waals surface area (Å²) >= 11 is 0. The molecule has 1 aromatic carbocycles. The molecule has 1 saturated heterocycles. The first-order valence-electron chi connectivity index (χ1n) is 8.79. The van der Waals surface area contributed by atoms with Crippen LogP contribution < -0.4 is 10.6 Å². The summed E-state index contributed by atoms with van der Waals surface area (Å²) in [6.07, 6.45) is 4.53. The van der Waals surface area contributed by atoms with E-state index >= 15 is 0 Å². The summed E-state index contributed by atoms with van der Waals surface area (Å²) in [5, 5.41) is 5.07. The second kappa shape index (κ2) is 9.12. The Morgan fingerprint density at radius 2 is 2.08 bits per heavy atom. The van der Waals surface area contributed by atoms with Gasteiger partial charge in [-0.05, 0) is 50.0 Å². The summed E-state index contributed by atoms with van der Waals surface area (Å²) in [6, 6.07) is 3.39. The molecule has 1 unspecified atom stereocenters. The number of amides is 3. The molecule has 0 bridgehead atoms. The molecule has 1 atom stereocenters. The highest BCUT2D eigenvalue weighted by Crippen LogP contribution is 2.23. The number of anilines is 2. The summed E-state index contributed by atoms with van der Waals surface area (Å²) in [6.45, 7) is 5.81. The number of benzene rings is 1. The van der Waals surface area contributed by atoms with Gasteiger partial charge in [0.2, 0.25) is 17.7 Å². The zero-order valence-corrected chi connectivity index (χ0v) is 14.9. The first-order valence-corrected chi connectivity index (χ1v) is 8.79. The molecule has 1 fully saturated rings. The van der Waals surface area contributed by atoms with Crippen LogP contribution in [0.2, 0.25) is 0 Å². The lowest BCUT2D eigenvalue weighted by Crippen LogP contribution is -2.49. The average molecular weight is 361 g/mol. The van der Waals surface area contributed by atoms with Crippen molar-refractivity contribution in [2.75, 3.05) is 17.2 Å². The van der Waals surface area contributed by atoms with E-state index in [2.05, 4.69) is 17.2 Å². The Morgan fingerprint density at radius 1 is 1.31 bits per heavy atom. The van der Waals surface area contributed by atoms with Crippen LogP contribution in [0.15, 0.2) is 30.9 Å². The molecular weight excluding hydrogens is 337 g/mol. The van der Waals surface area contributed by atoms with Crippen LogP contribution in [-0.4, -0.2) is 35.2 Å². The normalized spacial score (nSPS) is 16.7. The highest BCUT2D eigenvalue weighted by Gasteiger charge is 2.31. The van der Waals surface area contributed by atoms with Crippen LogP contribution in [0.3, 0.4) is 0 Å². The fourth-order valence-corrected chi connectivity index (χ4v) is 2.97. The third kappa shape index (κ3) is 4.91. The topological polar surface area (TPSA) is 78.5 Å². The molecular formula is C19H24FN3O3. The van der Waals surface area contributed by atoms with Gasteiger partial charge in [-0.3, -0.25) is 14.4 Å². The van der Waals surface area contributed by atoms with E-state index in [0.29, 0.717) is 25.1 Å². The number of carbonyl (C=O) groups excluding carboxylic acids is 3. The fraction of sp³-hybridized carbons (Fsp3) is 0.421. The zero-order valence-electron chi connectivity index (χ0n) is 14.9. The van der Waals surface area contributed by atoms with Crippen molar-refractivity contribution in [2.45, 2.75) is 45.1 Å². The molecule has 1 aromatic rings. The summed E-state index contributed by atoms with van der Waals surface area (Å²) in [7, 11) is 0. The van der Waals surface area contributed by atoms with Gasteiger partial charge in [0.15, 0.2) is 0 Å². The van der Waals surface area contributed by atoms with Crippen molar-refractivity contribution in [1.82, 2.24) is 4.90 Å². The summed E-state index contributed by atoms with van der Waals surface area (Å²) in [5.41, 5.74) is 0.305. The van der Waals surface area contributed by atoms with Gasteiger partial charge < -0.3 is 15.5 Å². The lowest BCUT2D eigenvalue weighted by Gasteiger charge is -2.34. The smallest absolute Gasteiger partial charge is 0.247 e. The summed E-state index contributed by atoms with van der Waals surface area (Å²) in [5.74, 6) is -1.49. The number of nitrogens with one attached hydrogen (secondary N) is 2. The second-order valence-corrected chi connectivity index (χ2v) is 6.23. The Morgan fingerprint density at radius 3 is 2.77 bits per heavy atom. The van der Waals surface area contributed by atoms with Crippen molar-refractivity contribution in [3.05, 3.63) is 36.7 Å². The van der Waals surface area contributed by atoms with Gasteiger partial charge in [0.1, 0.15) is 11.9 Å². The third-order valence-corrected chi connectivity index (χ3v) is 4.27. The predicted molar refractivity (Wildman–Crippen MR) is 98.1 cm³/mol. The van der Waals surface area contributed by atoms with Crippen LogP contribution in [0, 0.1) is 5.82 Å². The van der Waals surface area contributed by atoms with Crippen molar-refractivity contribution in [3.8, 4) is 0 Å². The quantitative estimate of drug-likeness (QED) is 0.765. The lowest BCUT2D eigenvalue weighted by atomic mass is 10.0. The lowest BCUT2D eigenvalue weighted by molar-refractivity contribution is -0.140.